The van der Waals surface area contributed by atoms with E-state index in [1.54, 1.807) is 13.8 Å². The first-order valence-corrected chi connectivity index (χ1v) is 5.17. The molecule has 6 heteroatoms. The van der Waals surface area contributed by atoms with E-state index in [1.165, 1.54) is 0 Å². The van der Waals surface area contributed by atoms with Crippen LogP contribution in [0.5, 0.6) is 0 Å². The molecule has 2 atom stereocenters. The third-order valence-corrected chi connectivity index (χ3v) is 2.03. The van der Waals surface area contributed by atoms with Crippen LogP contribution >= 0.6 is 0 Å². The van der Waals surface area contributed by atoms with E-state index in [0.717, 1.165) is 6.42 Å². The molecule has 0 bridgehead atoms. The predicted octanol–water partition coefficient (Wildman–Crippen LogP) is -1.78. The van der Waals surface area contributed by atoms with Gasteiger partial charge < -0.3 is 30.6 Å². The van der Waals surface area contributed by atoms with Crippen molar-refractivity contribution in [2.75, 3.05) is 13.2 Å². The summed E-state index contributed by atoms with van der Waals surface area (Å²) in [5.41, 5.74) is -0.458. The summed E-state index contributed by atoms with van der Waals surface area (Å²) >= 11 is 0. The molecule has 0 amide bonds. The van der Waals surface area contributed by atoms with Gasteiger partial charge in [-0.15, -0.1) is 0 Å². The molecule has 0 radical (unpaired) electrons. The summed E-state index contributed by atoms with van der Waals surface area (Å²) in [6.07, 6.45) is -3.47. The molecule has 0 saturated carbocycles. The molecule has 0 spiro atoms. The Morgan fingerprint density at radius 3 is 1.31 bits per heavy atom. The Bertz CT molecular complexity index is 146. The van der Waals surface area contributed by atoms with E-state index < -0.39 is 37.1 Å². The number of hydrogen-bond acceptors (Lipinski definition) is 6. The zero-order chi connectivity index (χ0) is 13.4. The highest BCUT2D eigenvalue weighted by atomic mass is 16.4. The van der Waals surface area contributed by atoms with Crippen LogP contribution in [0.3, 0.4) is 0 Å². The molecule has 0 fully saturated rings. The number of aliphatic hydroxyl groups excluding tert-OH is 5. The van der Waals surface area contributed by atoms with Gasteiger partial charge in [0.25, 0.3) is 0 Å². The lowest BCUT2D eigenvalue weighted by atomic mass is 10.1. The molecule has 16 heavy (non-hydrogen) atoms. The van der Waals surface area contributed by atoms with Crippen molar-refractivity contribution in [2.45, 2.75) is 51.1 Å². The third-order valence-electron chi connectivity index (χ3n) is 2.03. The molecule has 0 aromatic carbocycles. The molecule has 0 aromatic heterocycles. The zero-order valence-corrected chi connectivity index (χ0v) is 10.0. The van der Waals surface area contributed by atoms with Crippen molar-refractivity contribution in [3.8, 4) is 0 Å². The van der Waals surface area contributed by atoms with Gasteiger partial charge in [-0.1, -0.05) is 6.92 Å². The molecule has 0 rings (SSSR count). The summed E-state index contributed by atoms with van der Waals surface area (Å²) < 4.78 is 0. The lowest BCUT2D eigenvalue weighted by Gasteiger charge is -2.19. The maximum atomic E-state index is 8.83. The van der Waals surface area contributed by atoms with Gasteiger partial charge in [-0.3, -0.25) is 0 Å². The highest BCUT2D eigenvalue weighted by molar-refractivity contribution is 4.73. The van der Waals surface area contributed by atoms with Gasteiger partial charge in [-0.2, -0.15) is 0 Å². The second-order valence-electron chi connectivity index (χ2n) is 4.16. The fourth-order valence-electron chi connectivity index (χ4n) is 0.472. The molecule has 6 N–H and O–H groups in total. The minimum atomic E-state index is -1.49. The van der Waals surface area contributed by atoms with Gasteiger partial charge in [0.15, 0.2) is 0 Å². The fourth-order valence-corrected chi connectivity index (χ4v) is 0.472. The monoisotopic (exact) mass is 240 g/mol. The van der Waals surface area contributed by atoms with E-state index in [2.05, 4.69) is 0 Å². The third kappa shape index (κ3) is 10.3. The summed E-state index contributed by atoms with van der Waals surface area (Å²) in [6.45, 7) is 4.27. The zero-order valence-electron chi connectivity index (χ0n) is 10.0. The standard InChI is InChI=1S/C5H12O5.C5H12O/c6-1-3(8)5(10)4(9)2-7;1-4-5(2,3)6/h3-10H,1-2H2;6H,4H2,1-3H3. The van der Waals surface area contributed by atoms with Gasteiger partial charge in [0.05, 0.1) is 18.8 Å². The highest BCUT2D eigenvalue weighted by Crippen LogP contribution is 2.03. The van der Waals surface area contributed by atoms with Gasteiger partial charge in [-0.25, -0.2) is 0 Å². The average Bonchev–Trinajstić information content (AvgIpc) is 2.25. The molecule has 0 aliphatic carbocycles. The summed E-state index contributed by atoms with van der Waals surface area (Å²) in [6, 6.07) is 0. The maximum Gasteiger partial charge on any atom is 0.110 e. The molecule has 0 aliphatic rings. The van der Waals surface area contributed by atoms with Crippen LogP contribution in [0.4, 0.5) is 0 Å². The van der Waals surface area contributed by atoms with E-state index >= 15 is 0 Å². The van der Waals surface area contributed by atoms with Crippen LogP contribution in [-0.4, -0.2) is 67.8 Å². The van der Waals surface area contributed by atoms with E-state index in [1.807, 2.05) is 6.92 Å². The van der Waals surface area contributed by atoms with Gasteiger partial charge in [-0.05, 0) is 20.3 Å². The second-order valence-corrected chi connectivity index (χ2v) is 4.16. The van der Waals surface area contributed by atoms with Crippen LogP contribution in [0.15, 0.2) is 0 Å². The van der Waals surface area contributed by atoms with Crippen molar-refractivity contribution < 1.29 is 30.6 Å². The first kappa shape index (κ1) is 18.1. The Kier molecular flexibility index (Phi) is 10.0. The van der Waals surface area contributed by atoms with E-state index in [0.29, 0.717) is 0 Å². The lowest BCUT2D eigenvalue weighted by Crippen LogP contribution is -2.41. The maximum absolute atomic E-state index is 8.83. The predicted molar refractivity (Wildman–Crippen MR) is 58.8 cm³/mol. The van der Waals surface area contributed by atoms with Crippen LogP contribution in [0, 0.1) is 0 Å². The Labute approximate surface area is 95.8 Å². The Balaban J connectivity index is 0. The van der Waals surface area contributed by atoms with Gasteiger partial charge in [0, 0.05) is 0 Å². The quantitative estimate of drug-likeness (QED) is 0.338. The van der Waals surface area contributed by atoms with Crippen molar-refractivity contribution in [1.82, 2.24) is 0 Å². The molecule has 0 saturated heterocycles. The summed E-state index contributed by atoms with van der Waals surface area (Å²) in [4.78, 5) is 0. The molecule has 0 aliphatic heterocycles. The van der Waals surface area contributed by atoms with E-state index in [-0.39, 0.29) is 0 Å². The van der Waals surface area contributed by atoms with Crippen LogP contribution in [-0.2, 0) is 0 Å². The molecular formula is C10H24O6. The largest absolute Gasteiger partial charge is 0.394 e. The Morgan fingerprint density at radius 1 is 0.938 bits per heavy atom. The van der Waals surface area contributed by atoms with Crippen molar-refractivity contribution in [3.63, 3.8) is 0 Å². The minimum Gasteiger partial charge on any atom is -0.394 e. The summed E-state index contributed by atoms with van der Waals surface area (Å²) in [5.74, 6) is 0. The summed E-state index contributed by atoms with van der Waals surface area (Å²) in [7, 11) is 0. The SMILES string of the molecule is CCC(C)(C)O.OCC(O)C(O)C(O)CO. The lowest BCUT2D eigenvalue weighted by molar-refractivity contribution is -0.0900. The molecule has 2 unspecified atom stereocenters. The first-order chi connectivity index (χ1) is 7.19. The van der Waals surface area contributed by atoms with Gasteiger partial charge >= 0.3 is 0 Å². The van der Waals surface area contributed by atoms with Gasteiger partial charge in [0.2, 0.25) is 0 Å². The Hall–Kier alpha value is -0.240. The molecule has 0 aromatic rings. The Morgan fingerprint density at radius 2 is 1.19 bits per heavy atom. The second kappa shape index (κ2) is 8.86. The van der Waals surface area contributed by atoms with Crippen molar-refractivity contribution in [3.05, 3.63) is 0 Å². The molecule has 100 valence electrons. The molecular weight excluding hydrogens is 216 g/mol. The van der Waals surface area contributed by atoms with Crippen LogP contribution < -0.4 is 0 Å². The van der Waals surface area contributed by atoms with Crippen LogP contribution in [0.25, 0.3) is 0 Å². The topological polar surface area (TPSA) is 121 Å². The number of aliphatic hydroxyl groups is 6. The highest BCUT2D eigenvalue weighted by Gasteiger charge is 2.22. The van der Waals surface area contributed by atoms with E-state index in [9.17, 15) is 0 Å². The van der Waals surface area contributed by atoms with E-state index in [4.69, 9.17) is 30.6 Å². The average molecular weight is 240 g/mol. The van der Waals surface area contributed by atoms with Crippen LogP contribution in [0.2, 0.25) is 0 Å². The van der Waals surface area contributed by atoms with Crippen molar-refractivity contribution >= 4 is 0 Å². The normalized spacial score (nSPS) is 17.1. The smallest absolute Gasteiger partial charge is 0.110 e. The number of rotatable bonds is 5. The molecule has 6 nitrogen and oxygen atoms in total. The van der Waals surface area contributed by atoms with Crippen LogP contribution in [0.1, 0.15) is 27.2 Å². The first-order valence-electron chi connectivity index (χ1n) is 5.17. The molecule has 0 heterocycles. The minimum absolute atomic E-state index is 0.458. The number of hydrogen-bond donors (Lipinski definition) is 6. The fraction of sp³-hybridized carbons (Fsp3) is 1.00. The summed E-state index contributed by atoms with van der Waals surface area (Å²) in [5, 5.41) is 51.4. The van der Waals surface area contributed by atoms with Gasteiger partial charge in [0.1, 0.15) is 18.3 Å². The van der Waals surface area contributed by atoms with Crippen molar-refractivity contribution in [2.24, 2.45) is 0 Å². The van der Waals surface area contributed by atoms with Crippen molar-refractivity contribution in [1.29, 1.82) is 0 Å².